The number of rotatable bonds is 2. The smallest absolute Gasteiger partial charge is 0.406 e. The predicted octanol–water partition coefficient (Wildman–Crippen LogP) is 1.93. The summed E-state index contributed by atoms with van der Waals surface area (Å²) in [6.45, 7) is 3.40. The number of hydrogen-bond acceptors (Lipinski definition) is 6. The Kier molecular flexibility index (Phi) is 3.64. The van der Waals surface area contributed by atoms with Crippen molar-refractivity contribution in [3.63, 3.8) is 0 Å². The molecule has 1 saturated heterocycles. The SMILES string of the molecule is CN1CCN(c2nc3ccc(OC(F)(F)F)cc3n3cnnc23)CC1. The summed E-state index contributed by atoms with van der Waals surface area (Å²) in [4.78, 5) is 8.95. The molecule has 1 aliphatic rings. The van der Waals surface area contributed by atoms with Crippen LogP contribution in [-0.2, 0) is 0 Å². The van der Waals surface area contributed by atoms with E-state index in [0.717, 1.165) is 26.2 Å². The zero-order valence-electron chi connectivity index (χ0n) is 13.4. The first kappa shape index (κ1) is 15.9. The molecule has 0 spiro atoms. The number of alkyl halides is 3. The highest BCUT2D eigenvalue weighted by atomic mass is 19.4. The van der Waals surface area contributed by atoms with Crippen molar-refractivity contribution >= 4 is 22.5 Å². The van der Waals surface area contributed by atoms with Gasteiger partial charge < -0.3 is 14.5 Å². The number of aromatic nitrogens is 4. The molecule has 0 N–H and O–H groups in total. The topological polar surface area (TPSA) is 58.8 Å². The summed E-state index contributed by atoms with van der Waals surface area (Å²) in [5.74, 6) is 0.381. The molecule has 0 aliphatic carbocycles. The maximum atomic E-state index is 12.5. The minimum absolute atomic E-state index is 0.302. The quantitative estimate of drug-likeness (QED) is 0.702. The van der Waals surface area contributed by atoms with Gasteiger partial charge in [-0.25, -0.2) is 4.98 Å². The van der Waals surface area contributed by atoms with Gasteiger partial charge in [0.15, 0.2) is 5.82 Å². The maximum absolute atomic E-state index is 12.5. The molecule has 0 amide bonds. The Labute approximate surface area is 140 Å². The van der Waals surface area contributed by atoms with Gasteiger partial charge in [0.25, 0.3) is 0 Å². The van der Waals surface area contributed by atoms with Crippen LogP contribution >= 0.6 is 0 Å². The first-order valence-electron chi connectivity index (χ1n) is 7.73. The van der Waals surface area contributed by atoms with Gasteiger partial charge in [0.05, 0.1) is 11.0 Å². The molecule has 2 aromatic heterocycles. The van der Waals surface area contributed by atoms with Crippen LogP contribution in [0.1, 0.15) is 0 Å². The van der Waals surface area contributed by atoms with Gasteiger partial charge in [-0.3, -0.25) is 4.40 Å². The minimum Gasteiger partial charge on any atom is -0.406 e. The number of fused-ring (bicyclic) bond motifs is 3. The standard InChI is InChI=1S/C15H15F3N6O/c1-22-4-6-23(7-5-22)13-14-21-19-9-24(14)12-8-10(25-15(16,17)18)2-3-11(12)20-13/h2-3,8-9H,4-7H2,1H3. The van der Waals surface area contributed by atoms with Gasteiger partial charge in [0, 0.05) is 32.2 Å². The second-order valence-corrected chi connectivity index (χ2v) is 5.95. The number of likely N-dealkylation sites (N-methyl/N-ethyl adjacent to an activating group) is 1. The van der Waals surface area contributed by atoms with Crippen LogP contribution in [0.4, 0.5) is 19.0 Å². The first-order chi connectivity index (χ1) is 11.9. The summed E-state index contributed by atoms with van der Waals surface area (Å²) in [7, 11) is 2.06. The van der Waals surface area contributed by atoms with E-state index in [-0.39, 0.29) is 5.75 Å². The molecular formula is C15H15F3N6O. The fourth-order valence-electron chi connectivity index (χ4n) is 2.95. The number of ether oxygens (including phenoxy) is 1. The van der Waals surface area contributed by atoms with Crippen molar-refractivity contribution < 1.29 is 17.9 Å². The monoisotopic (exact) mass is 352 g/mol. The van der Waals surface area contributed by atoms with E-state index < -0.39 is 6.36 Å². The van der Waals surface area contributed by atoms with Crippen molar-refractivity contribution in [1.82, 2.24) is 24.5 Å². The molecule has 0 unspecified atom stereocenters. The number of nitrogens with zero attached hydrogens (tertiary/aromatic N) is 6. The van der Waals surface area contributed by atoms with Crippen molar-refractivity contribution in [3.05, 3.63) is 24.5 Å². The Morgan fingerprint density at radius 1 is 1.12 bits per heavy atom. The Morgan fingerprint density at radius 2 is 1.88 bits per heavy atom. The highest BCUT2D eigenvalue weighted by Crippen LogP contribution is 2.29. The molecule has 0 radical (unpaired) electrons. The molecular weight excluding hydrogens is 337 g/mol. The third-order valence-electron chi connectivity index (χ3n) is 4.22. The number of piperazine rings is 1. The molecule has 25 heavy (non-hydrogen) atoms. The van der Waals surface area contributed by atoms with Crippen LogP contribution in [0.5, 0.6) is 5.75 Å². The van der Waals surface area contributed by atoms with Crippen LogP contribution in [0.2, 0.25) is 0 Å². The van der Waals surface area contributed by atoms with Crippen LogP contribution in [0.25, 0.3) is 16.7 Å². The average molecular weight is 352 g/mol. The van der Waals surface area contributed by atoms with Crippen LogP contribution in [-0.4, -0.2) is 64.1 Å². The summed E-state index contributed by atoms with van der Waals surface area (Å²) in [6.07, 6.45) is -3.27. The van der Waals surface area contributed by atoms with Crippen LogP contribution < -0.4 is 9.64 Å². The predicted molar refractivity (Wildman–Crippen MR) is 84.7 cm³/mol. The summed E-state index contributed by atoms with van der Waals surface area (Å²) < 4.78 is 43.0. The lowest BCUT2D eigenvalue weighted by atomic mass is 10.2. The third-order valence-corrected chi connectivity index (χ3v) is 4.22. The lowest BCUT2D eigenvalue weighted by Crippen LogP contribution is -2.45. The molecule has 7 nitrogen and oxygen atoms in total. The fourth-order valence-corrected chi connectivity index (χ4v) is 2.95. The molecule has 3 aromatic rings. The lowest BCUT2D eigenvalue weighted by molar-refractivity contribution is -0.274. The molecule has 0 atom stereocenters. The zero-order chi connectivity index (χ0) is 17.6. The van der Waals surface area contributed by atoms with Crippen molar-refractivity contribution in [3.8, 4) is 5.75 Å². The van der Waals surface area contributed by atoms with E-state index in [4.69, 9.17) is 0 Å². The van der Waals surface area contributed by atoms with Crippen molar-refractivity contribution in [2.45, 2.75) is 6.36 Å². The zero-order valence-corrected chi connectivity index (χ0v) is 13.4. The van der Waals surface area contributed by atoms with Gasteiger partial charge >= 0.3 is 6.36 Å². The van der Waals surface area contributed by atoms with Crippen LogP contribution in [0.3, 0.4) is 0 Å². The van der Waals surface area contributed by atoms with E-state index in [1.54, 1.807) is 4.40 Å². The average Bonchev–Trinajstić information content (AvgIpc) is 3.03. The molecule has 3 heterocycles. The van der Waals surface area contributed by atoms with Gasteiger partial charge in [-0.15, -0.1) is 23.4 Å². The molecule has 10 heteroatoms. The van der Waals surface area contributed by atoms with E-state index in [1.165, 1.54) is 24.5 Å². The van der Waals surface area contributed by atoms with E-state index in [2.05, 4.69) is 36.8 Å². The molecule has 0 saturated carbocycles. The highest BCUT2D eigenvalue weighted by Gasteiger charge is 2.31. The fraction of sp³-hybridized carbons (Fsp3) is 0.400. The summed E-state index contributed by atoms with van der Waals surface area (Å²) in [5, 5.41) is 8.00. The van der Waals surface area contributed by atoms with Gasteiger partial charge in [-0.05, 0) is 19.2 Å². The second kappa shape index (κ2) is 5.73. The maximum Gasteiger partial charge on any atom is 0.573 e. The minimum atomic E-state index is -4.74. The molecule has 4 rings (SSSR count). The second-order valence-electron chi connectivity index (χ2n) is 5.95. The van der Waals surface area contributed by atoms with E-state index in [0.29, 0.717) is 22.5 Å². The largest absolute Gasteiger partial charge is 0.573 e. The van der Waals surface area contributed by atoms with E-state index >= 15 is 0 Å². The Hall–Kier alpha value is -2.62. The van der Waals surface area contributed by atoms with Gasteiger partial charge in [-0.1, -0.05) is 0 Å². The van der Waals surface area contributed by atoms with E-state index in [1.807, 2.05) is 0 Å². The van der Waals surface area contributed by atoms with E-state index in [9.17, 15) is 13.2 Å². The Morgan fingerprint density at radius 3 is 2.60 bits per heavy atom. The Balaban J connectivity index is 1.81. The number of hydrogen-bond donors (Lipinski definition) is 0. The number of halogens is 3. The van der Waals surface area contributed by atoms with Crippen LogP contribution in [0, 0.1) is 0 Å². The number of anilines is 1. The normalized spacial score (nSPS) is 16.7. The van der Waals surface area contributed by atoms with Crippen LogP contribution in [0.15, 0.2) is 24.5 Å². The Bertz CT molecular complexity index is 917. The third kappa shape index (κ3) is 3.04. The molecule has 1 aromatic carbocycles. The molecule has 132 valence electrons. The molecule has 1 fully saturated rings. The highest BCUT2D eigenvalue weighted by molar-refractivity contribution is 5.84. The van der Waals surface area contributed by atoms with Crippen molar-refractivity contribution in [2.75, 3.05) is 38.1 Å². The lowest BCUT2D eigenvalue weighted by Gasteiger charge is -2.33. The summed E-state index contributed by atoms with van der Waals surface area (Å²) >= 11 is 0. The summed E-state index contributed by atoms with van der Waals surface area (Å²) in [5.41, 5.74) is 1.52. The molecule has 1 aliphatic heterocycles. The van der Waals surface area contributed by atoms with Gasteiger partial charge in [-0.2, -0.15) is 0 Å². The van der Waals surface area contributed by atoms with Crippen molar-refractivity contribution in [2.24, 2.45) is 0 Å². The van der Waals surface area contributed by atoms with Gasteiger partial charge in [0.2, 0.25) is 5.65 Å². The van der Waals surface area contributed by atoms with Crippen molar-refractivity contribution in [1.29, 1.82) is 0 Å². The molecule has 0 bridgehead atoms. The first-order valence-corrected chi connectivity index (χ1v) is 7.73. The summed E-state index contributed by atoms with van der Waals surface area (Å²) in [6, 6.07) is 4.06. The van der Waals surface area contributed by atoms with Gasteiger partial charge in [0.1, 0.15) is 12.1 Å². The number of benzene rings is 1.